The highest BCUT2D eigenvalue weighted by Crippen LogP contribution is 2.29. The molecule has 0 saturated heterocycles. The summed E-state index contributed by atoms with van der Waals surface area (Å²) in [7, 11) is 0. The van der Waals surface area contributed by atoms with E-state index in [2.05, 4.69) is 0 Å². The van der Waals surface area contributed by atoms with E-state index in [0.717, 1.165) is 32.0 Å². The molecular weight excluding hydrogens is 174 g/mol. The maximum atomic E-state index is 6.28. The van der Waals surface area contributed by atoms with Gasteiger partial charge in [0, 0.05) is 12.1 Å². The highest BCUT2D eigenvalue weighted by molar-refractivity contribution is 4.87. The van der Waals surface area contributed by atoms with Crippen molar-refractivity contribution >= 4 is 0 Å². The molecule has 0 aliphatic heterocycles. The summed E-state index contributed by atoms with van der Waals surface area (Å²) < 4.78 is 5.76. The maximum absolute atomic E-state index is 6.28. The molecule has 0 aromatic heterocycles. The molecule has 0 bridgehead atoms. The van der Waals surface area contributed by atoms with Crippen molar-refractivity contribution in [3.63, 3.8) is 0 Å². The molecule has 2 saturated carbocycles. The van der Waals surface area contributed by atoms with Crippen LogP contribution < -0.4 is 5.73 Å². The number of rotatable bonds is 4. The van der Waals surface area contributed by atoms with Crippen molar-refractivity contribution in [2.45, 2.75) is 56.9 Å². The molecule has 2 nitrogen and oxygen atoms in total. The van der Waals surface area contributed by atoms with Crippen molar-refractivity contribution in [2.75, 3.05) is 13.2 Å². The van der Waals surface area contributed by atoms with E-state index in [1.54, 1.807) is 0 Å². The predicted molar refractivity (Wildman–Crippen MR) is 58.2 cm³/mol. The Kier molecular flexibility index (Phi) is 3.45. The fraction of sp³-hybridized carbons (Fsp3) is 1.00. The Balaban J connectivity index is 1.62. The predicted octanol–water partition coefficient (Wildman–Crippen LogP) is 2.46. The number of ether oxygens (including phenoxy) is 1. The van der Waals surface area contributed by atoms with Crippen LogP contribution in [0.25, 0.3) is 0 Å². The van der Waals surface area contributed by atoms with Gasteiger partial charge in [-0.15, -0.1) is 0 Å². The molecule has 2 N–H and O–H groups in total. The highest BCUT2D eigenvalue weighted by atomic mass is 16.5. The molecule has 0 aromatic carbocycles. The van der Waals surface area contributed by atoms with Crippen LogP contribution in [0.4, 0.5) is 0 Å². The highest BCUT2D eigenvalue weighted by Gasteiger charge is 2.28. The molecule has 2 heteroatoms. The van der Waals surface area contributed by atoms with E-state index in [0.29, 0.717) is 0 Å². The van der Waals surface area contributed by atoms with Crippen molar-refractivity contribution in [3.8, 4) is 0 Å². The molecule has 0 aromatic rings. The lowest BCUT2D eigenvalue weighted by molar-refractivity contribution is 0.0283. The smallest absolute Gasteiger partial charge is 0.0646 e. The van der Waals surface area contributed by atoms with Crippen molar-refractivity contribution in [2.24, 2.45) is 11.7 Å². The monoisotopic (exact) mass is 197 g/mol. The maximum Gasteiger partial charge on any atom is 0.0646 e. The van der Waals surface area contributed by atoms with Gasteiger partial charge in [0.25, 0.3) is 0 Å². The largest absolute Gasteiger partial charge is 0.379 e. The first-order valence-electron chi connectivity index (χ1n) is 6.15. The van der Waals surface area contributed by atoms with Crippen LogP contribution in [0.3, 0.4) is 0 Å². The van der Waals surface area contributed by atoms with E-state index in [1.165, 1.54) is 38.5 Å². The fourth-order valence-electron chi connectivity index (χ4n) is 2.49. The molecule has 0 spiro atoms. The van der Waals surface area contributed by atoms with Crippen LogP contribution >= 0.6 is 0 Å². The molecule has 2 aliphatic carbocycles. The van der Waals surface area contributed by atoms with E-state index in [1.807, 2.05) is 0 Å². The van der Waals surface area contributed by atoms with Gasteiger partial charge in [0.05, 0.1) is 6.61 Å². The van der Waals surface area contributed by atoms with Crippen molar-refractivity contribution < 1.29 is 4.74 Å². The van der Waals surface area contributed by atoms with Crippen LogP contribution in [0.1, 0.15) is 51.4 Å². The Morgan fingerprint density at radius 2 is 1.79 bits per heavy atom. The summed E-state index contributed by atoms with van der Waals surface area (Å²) in [5.41, 5.74) is 6.30. The summed E-state index contributed by atoms with van der Waals surface area (Å²) in [6.45, 7) is 1.75. The Labute approximate surface area is 87.2 Å². The fourth-order valence-corrected chi connectivity index (χ4v) is 2.49. The van der Waals surface area contributed by atoms with Gasteiger partial charge in [0.1, 0.15) is 0 Å². The normalized spacial score (nSPS) is 27.2. The molecule has 14 heavy (non-hydrogen) atoms. The zero-order valence-electron chi connectivity index (χ0n) is 9.13. The minimum absolute atomic E-state index is 0.0159. The third-order valence-corrected chi connectivity index (χ3v) is 3.82. The second kappa shape index (κ2) is 4.63. The van der Waals surface area contributed by atoms with Crippen LogP contribution in [-0.4, -0.2) is 18.8 Å². The van der Waals surface area contributed by atoms with E-state index >= 15 is 0 Å². The number of nitrogens with two attached hydrogens (primary N) is 1. The Hall–Kier alpha value is -0.0800. The van der Waals surface area contributed by atoms with Crippen LogP contribution in [0, 0.1) is 5.92 Å². The van der Waals surface area contributed by atoms with Gasteiger partial charge in [-0.2, -0.15) is 0 Å². The molecule has 2 rings (SSSR count). The Morgan fingerprint density at radius 1 is 1.07 bits per heavy atom. The lowest BCUT2D eigenvalue weighted by Crippen LogP contribution is -2.46. The van der Waals surface area contributed by atoms with Crippen LogP contribution in [-0.2, 0) is 4.74 Å². The first kappa shape index (κ1) is 10.4. The second-order valence-electron chi connectivity index (χ2n) is 5.24. The molecule has 82 valence electrons. The molecule has 0 atom stereocenters. The minimum Gasteiger partial charge on any atom is -0.379 e. The summed E-state index contributed by atoms with van der Waals surface area (Å²) in [4.78, 5) is 0. The number of hydrogen-bond acceptors (Lipinski definition) is 2. The first-order valence-corrected chi connectivity index (χ1v) is 6.15. The van der Waals surface area contributed by atoms with E-state index in [9.17, 15) is 0 Å². The van der Waals surface area contributed by atoms with Gasteiger partial charge in [-0.1, -0.05) is 25.7 Å². The molecule has 0 amide bonds. The van der Waals surface area contributed by atoms with Gasteiger partial charge in [0.15, 0.2) is 0 Å². The third kappa shape index (κ3) is 2.71. The summed E-state index contributed by atoms with van der Waals surface area (Å²) in [6.07, 6.45) is 10.4. The van der Waals surface area contributed by atoms with Gasteiger partial charge in [-0.3, -0.25) is 0 Å². The van der Waals surface area contributed by atoms with E-state index < -0.39 is 0 Å². The van der Waals surface area contributed by atoms with Gasteiger partial charge in [-0.05, 0) is 31.6 Å². The average Bonchev–Trinajstić information content (AvgIpc) is 2.11. The molecule has 2 aliphatic rings. The minimum atomic E-state index is 0.0159. The summed E-state index contributed by atoms with van der Waals surface area (Å²) in [5, 5.41) is 0. The lowest BCUT2D eigenvalue weighted by Gasteiger charge is -2.34. The summed E-state index contributed by atoms with van der Waals surface area (Å²) in [6, 6.07) is 0. The van der Waals surface area contributed by atoms with Gasteiger partial charge in [-0.25, -0.2) is 0 Å². The van der Waals surface area contributed by atoms with Gasteiger partial charge in [0.2, 0.25) is 0 Å². The Morgan fingerprint density at radius 3 is 2.36 bits per heavy atom. The summed E-state index contributed by atoms with van der Waals surface area (Å²) >= 11 is 0. The molecular formula is C12H23NO. The quantitative estimate of drug-likeness (QED) is 0.751. The van der Waals surface area contributed by atoms with Gasteiger partial charge >= 0.3 is 0 Å². The zero-order valence-corrected chi connectivity index (χ0v) is 9.13. The van der Waals surface area contributed by atoms with Crippen molar-refractivity contribution in [1.82, 2.24) is 0 Å². The van der Waals surface area contributed by atoms with Gasteiger partial charge < -0.3 is 10.5 Å². The number of hydrogen-bond donors (Lipinski definition) is 1. The van der Waals surface area contributed by atoms with Crippen LogP contribution in [0.15, 0.2) is 0 Å². The SMILES string of the molecule is NC1(COCC2CCC2)CCCCC1. The van der Waals surface area contributed by atoms with E-state index in [4.69, 9.17) is 10.5 Å². The Bertz CT molecular complexity index is 171. The zero-order chi connectivity index (χ0) is 9.86. The average molecular weight is 197 g/mol. The standard InChI is InChI=1S/C12H23NO/c13-12(7-2-1-3-8-12)10-14-9-11-5-4-6-11/h11H,1-10,13H2. The lowest BCUT2D eigenvalue weighted by atomic mass is 9.83. The van der Waals surface area contributed by atoms with Crippen LogP contribution in [0.5, 0.6) is 0 Å². The topological polar surface area (TPSA) is 35.2 Å². The van der Waals surface area contributed by atoms with Crippen LogP contribution in [0.2, 0.25) is 0 Å². The van der Waals surface area contributed by atoms with E-state index in [-0.39, 0.29) is 5.54 Å². The van der Waals surface area contributed by atoms with Crippen molar-refractivity contribution in [1.29, 1.82) is 0 Å². The first-order chi connectivity index (χ1) is 6.79. The molecule has 0 radical (unpaired) electrons. The second-order valence-corrected chi connectivity index (χ2v) is 5.24. The third-order valence-electron chi connectivity index (χ3n) is 3.82. The molecule has 2 fully saturated rings. The summed E-state index contributed by atoms with van der Waals surface area (Å²) in [5.74, 6) is 0.849. The molecule has 0 unspecified atom stereocenters. The van der Waals surface area contributed by atoms with Crippen molar-refractivity contribution in [3.05, 3.63) is 0 Å². The molecule has 0 heterocycles.